The minimum Gasteiger partial charge on any atom is -0.316 e. The first-order valence-electron chi connectivity index (χ1n) is 8.63. The maximum atomic E-state index is 3.65. The molecule has 2 heteroatoms. The number of likely N-dealkylation sites (tertiary alicyclic amines) is 1. The van der Waals surface area contributed by atoms with E-state index in [0.717, 1.165) is 12.0 Å². The molecule has 0 spiro atoms. The SMILES string of the molecule is CCCNCC(C)(CC)CN1CCC2CCCCC21. The first kappa shape index (κ1) is 15.3. The molecule has 0 aromatic rings. The van der Waals surface area contributed by atoms with Gasteiger partial charge >= 0.3 is 0 Å². The molecular weight excluding hydrogens is 232 g/mol. The van der Waals surface area contributed by atoms with Crippen LogP contribution in [0.15, 0.2) is 0 Å². The number of rotatable bonds is 7. The summed E-state index contributed by atoms with van der Waals surface area (Å²) in [6.07, 6.45) is 9.91. The van der Waals surface area contributed by atoms with Crippen molar-refractivity contribution in [2.75, 3.05) is 26.2 Å². The minimum absolute atomic E-state index is 0.460. The van der Waals surface area contributed by atoms with Gasteiger partial charge in [-0.2, -0.15) is 0 Å². The fourth-order valence-electron chi connectivity index (χ4n) is 4.05. The van der Waals surface area contributed by atoms with Gasteiger partial charge in [-0.25, -0.2) is 0 Å². The summed E-state index contributed by atoms with van der Waals surface area (Å²) in [5, 5.41) is 3.65. The van der Waals surface area contributed by atoms with Crippen molar-refractivity contribution in [3.8, 4) is 0 Å². The first-order chi connectivity index (χ1) is 9.18. The van der Waals surface area contributed by atoms with Crippen molar-refractivity contribution in [2.45, 2.75) is 71.8 Å². The molecule has 3 atom stereocenters. The van der Waals surface area contributed by atoms with Crippen molar-refractivity contribution < 1.29 is 0 Å². The Morgan fingerprint density at radius 3 is 2.68 bits per heavy atom. The maximum absolute atomic E-state index is 3.65. The molecule has 2 rings (SSSR count). The Morgan fingerprint density at radius 2 is 1.95 bits per heavy atom. The van der Waals surface area contributed by atoms with Crippen LogP contribution in [-0.2, 0) is 0 Å². The van der Waals surface area contributed by atoms with E-state index in [0.29, 0.717) is 5.41 Å². The second-order valence-corrected chi connectivity index (χ2v) is 7.21. The summed E-state index contributed by atoms with van der Waals surface area (Å²) in [6.45, 7) is 12.1. The van der Waals surface area contributed by atoms with Gasteiger partial charge in [0.2, 0.25) is 0 Å². The predicted octanol–water partition coefficient (Wildman–Crippen LogP) is 3.67. The van der Waals surface area contributed by atoms with Gasteiger partial charge in [-0.05, 0) is 56.5 Å². The Kier molecular flexibility index (Phi) is 5.70. The van der Waals surface area contributed by atoms with E-state index in [1.54, 1.807) is 0 Å². The highest BCUT2D eigenvalue weighted by molar-refractivity contribution is 4.92. The third kappa shape index (κ3) is 3.95. The summed E-state index contributed by atoms with van der Waals surface area (Å²) in [5.41, 5.74) is 0.460. The monoisotopic (exact) mass is 266 g/mol. The van der Waals surface area contributed by atoms with E-state index >= 15 is 0 Å². The van der Waals surface area contributed by atoms with Crippen LogP contribution in [-0.4, -0.2) is 37.1 Å². The highest BCUT2D eigenvalue weighted by Crippen LogP contribution is 2.38. The quantitative estimate of drug-likeness (QED) is 0.707. The molecule has 2 nitrogen and oxygen atoms in total. The van der Waals surface area contributed by atoms with Crippen LogP contribution in [0.4, 0.5) is 0 Å². The molecule has 1 saturated heterocycles. The molecule has 1 heterocycles. The van der Waals surface area contributed by atoms with Gasteiger partial charge in [0.25, 0.3) is 0 Å². The fraction of sp³-hybridized carbons (Fsp3) is 1.00. The van der Waals surface area contributed by atoms with E-state index < -0.39 is 0 Å². The Bertz CT molecular complexity index is 266. The molecule has 0 aromatic heterocycles. The van der Waals surface area contributed by atoms with Gasteiger partial charge in [-0.15, -0.1) is 0 Å². The highest BCUT2D eigenvalue weighted by Gasteiger charge is 2.38. The van der Waals surface area contributed by atoms with Crippen molar-refractivity contribution in [2.24, 2.45) is 11.3 Å². The Hall–Kier alpha value is -0.0800. The predicted molar refractivity (Wildman–Crippen MR) is 83.5 cm³/mol. The van der Waals surface area contributed by atoms with Crippen molar-refractivity contribution in [3.05, 3.63) is 0 Å². The van der Waals surface area contributed by atoms with Crippen molar-refractivity contribution in [3.63, 3.8) is 0 Å². The summed E-state index contributed by atoms with van der Waals surface area (Å²) >= 11 is 0. The molecule has 2 fully saturated rings. The van der Waals surface area contributed by atoms with Crippen LogP contribution in [0, 0.1) is 11.3 Å². The Labute approximate surface area is 120 Å². The molecule has 0 bridgehead atoms. The average molecular weight is 266 g/mol. The number of fused-ring (bicyclic) bond motifs is 1. The van der Waals surface area contributed by atoms with E-state index in [4.69, 9.17) is 0 Å². The molecule has 19 heavy (non-hydrogen) atoms. The summed E-state index contributed by atoms with van der Waals surface area (Å²) in [4.78, 5) is 2.83. The first-order valence-corrected chi connectivity index (χ1v) is 8.63. The van der Waals surface area contributed by atoms with Crippen LogP contribution < -0.4 is 5.32 Å². The minimum atomic E-state index is 0.460. The molecule has 1 aliphatic heterocycles. The van der Waals surface area contributed by atoms with E-state index in [-0.39, 0.29) is 0 Å². The normalized spacial score (nSPS) is 31.1. The van der Waals surface area contributed by atoms with Crippen molar-refractivity contribution >= 4 is 0 Å². The van der Waals surface area contributed by atoms with Crippen molar-refractivity contribution in [1.29, 1.82) is 0 Å². The van der Waals surface area contributed by atoms with E-state index in [9.17, 15) is 0 Å². The van der Waals surface area contributed by atoms with Crippen LogP contribution in [0.5, 0.6) is 0 Å². The van der Waals surface area contributed by atoms with Gasteiger partial charge in [0.05, 0.1) is 0 Å². The third-order valence-corrected chi connectivity index (χ3v) is 5.54. The lowest BCUT2D eigenvalue weighted by Gasteiger charge is -2.38. The second kappa shape index (κ2) is 7.08. The molecule has 2 aliphatic rings. The van der Waals surface area contributed by atoms with Gasteiger partial charge in [0.15, 0.2) is 0 Å². The molecule has 3 unspecified atom stereocenters. The molecule has 1 N–H and O–H groups in total. The van der Waals surface area contributed by atoms with E-state index in [1.807, 2.05) is 0 Å². The van der Waals surface area contributed by atoms with Gasteiger partial charge in [-0.3, -0.25) is 4.90 Å². The molecule has 112 valence electrons. The lowest BCUT2D eigenvalue weighted by atomic mass is 9.83. The summed E-state index contributed by atoms with van der Waals surface area (Å²) in [7, 11) is 0. The molecule has 1 aliphatic carbocycles. The smallest absolute Gasteiger partial charge is 0.0124 e. The lowest BCUT2D eigenvalue weighted by molar-refractivity contribution is 0.114. The molecule has 0 aromatic carbocycles. The van der Waals surface area contributed by atoms with E-state index in [2.05, 4.69) is 31.0 Å². The van der Waals surface area contributed by atoms with Crippen molar-refractivity contribution in [1.82, 2.24) is 10.2 Å². The summed E-state index contributed by atoms with van der Waals surface area (Å²) in [6, 6.07) is 0.922. The fourth-order valence-corrected chi connectivity index (χ4v) is 4.05. The van der Waals surface area contributed by atoms with E-state index in [1.165, 1.54) is 71.1 Å². The van der Waals surface area contributed by atoms with Crippen LogP contribution >= 0.6 is 0 Å². The van der Waals surface area contributed by atoms with Crippen LogP contribution in [0.3, 0.4) is 0 Å². The molecule has 0 radical (unpaired) electrons. The van der Waals surface area contributed by atoms with Gasteiger partial charge in [-0.1, -0.05) is 33.6 Å². The second-order valence-electron chi connectivity index (χ2n) is 7.21. The van der Waals surface area contributed by atoms with Crippen LogP contribution in [0.1, 0.15) is 65.7 Å². The number of nitrogens with zero attached hydrogens (tertiary/aromatic N) is 1. The number of hydrogen-bond donors (Lipinski definition) is 1. The summed E-state index contributed by atoms with van der Waals surface area (Å²) in [5.74, 6) is 1.03. The zero-order valence-corrected chi connectivity index (χ0v) is 13.4. The standard InChI is InChI=1S/C17H34N2/c1-4-11-18-13-17(3,5-2)14-19-12-10-15-8-6-7-9-16(15)19/h15-16,18H,4-14H2,1-3H3. The van der Waals surface area contributed by atoms with Gasteiger partial charge in [0.1, 0.15) is 0 Å². The zero-order valence-electron chi connectivity index (χ0n) is 13.4. The molecule has 0 amide bonds. The van der Waals surface area contributed by atoms with Gasteiger partial charge in [0, 0.05) is 19.1 Å². The van der Waals surface area contributed by atoms with Crippen LogP contribution in [0.2, 0.25) is 0 Å². The largest absolute Gasteiger partial charge is 0.316 e. The Morgan fingerprint density at radius 1 is 1.16 bits per heavy atom. The maximum Gasteiger partial charge on any atom is 0.0124 e. The third-order valence-electron chi connectivity index (χ3n) is 5.54. The topological polar surface area (TPSA) is 15.3 Å². The highest BCUT2D eigenvalue weighted by atomic mass is 15.2. The van der Waals surface area contributed by atoms with Crippen LogP contribution in [0.25, 0.3) is 0 Å². The molecular formula is C17H34N2. The lowest BCUT2D eigenvalue weighted by Crippen LogP contribution is -2.45. The zero-order chi connectivity index (χ0) is 13.7. The Balaban J connectivity index is 1.86. The number of nitrogens with one attached hydrogen (secondary N) is 1. The molecule has 1 saturated carbocycles. The number of hydrogen-bond acceptors (Lipinski definition) is 2. The average Bonchev–Trinajstić information content (AvgIpc) is 2.82. The van der Waals surface area contributed by atoms with Gasteiger partial charge < -0.3 is 5.32 Å². The summed E-state index contributed by atoms with van der Waals surface area (Å²) < 4.78 is 0.